The average molecular weight is 257 g/mol. The molecule has 0 spiro atoms. The van der Waals surface area contributed by atoms with Gasteiger partial charge in [0.05, 0.1) is 6.61 Å². The maximum absolute atomic E-state index is 5.89. The molecule has 2 nitrogen and oxygen atoms in total. The first-order valence-electron chi connectivity index (χ1n) is 7.22. The SMILES string of the molecule is C#CCCCC(NCC)C1COc2ccccc2C1. The van der Waals surface area contributed by atoms with Crippen molar-refractivity contribution in [3.05, 3.63) is 29.8 Å². The van der Waals surface area contributed by atoms with E-state index in [1.807, 2.05) is 6.07 Å². The Morgan fingerprint density at radius 3 is 3.11 bits per heavy atom. The fraction of sp³-hybridized carbons (Fsp3) is 0.529. The number of para-hydroxylation sites is 1. The Morgan fingerprint density at radius 1 is 1.47 bits per heavy atom. The summed E-state index contributed by atoms with van der Waals surface area (Å²) in [5, 5.41) is 3.59. The van der Waals surface area contributed by atoms with Crippen LogP contribution in [0.3, 0.4) is 0 Å². The third-order valence-corrected chi connectivity index (χ3v) is 3.78. The van der Waals surface area contributed by atoms with E-state index in [-0.39, 0.29) is 0 Å². The molecule has 0 amide bonds. The van der Waals surface area contributed by atoms with Gasteiger partial charge in [-0.3, -0.25) is 0 Å². The number of benzene rings is 1. The largest absolute Gasteiger partial charge is 0.493 e. The van der Waals surface area contributed by atoms with Gasteiger partial charge in [0.25, 0.3) is 0 Å². The number of rotatable bonds is 6. The maximum Gasteiger partial charge on any atom is 0.122 e. The highest BCUT2D eigenvalue weighted by molar-refractivity contribution is 5.35. The lowest BCUT2D eigenvalue weighted by Gasteiger charge is -2.32. The van der Waals surface area contributed by atoms with Gasteiger partial charge in [-0.25, -0.2) is 0 Å². The van der Waals surface area contributed by atoms with E-state index in [9.17, 15) is 0 Å². The van der Waals surface area contributed by atoms with Crippen LogP contribution in [0.25, 0.3) is 0 Å². The monoisotopic (exact) mass is 257 g/mol. The Balaban J connectivity index is 1.97. The Labute approximate surface area is 116 Å². The highest BCUT2D eigenvalue weighted by atomic mass is 16.5. The molecule has 2 heteroatoms. The van der Waals surface area contributed by atoms with Crippen LogP contribution < -0.4 is 10.1 Å². The van der Waals surface area contributed by atoms with Crippen LogP contribution in [-0.4, -0.2) is 19.2 Å². The van der Waals surface area contributed by atoms with Gasteiger partial charge in [-0.2, -0.15) is 0 Å². The van der Waals surface area contributed by atoms with E-state index in [1.165, 1.54) is 5.56 Å². The number of hydrogen-bond acceptors (Lipinski definition) is 2. The van der Waals surface area contributed by atoms with Gasteiger partial charge in [-0.05, 0) is 37.4 Å². The van der Waals surface area contributed by atoms with E-state index < -0.39 is 0 Å². The number of nitrogens with one attached hydrogen (secondary N) is 1. The van der Waals surface area contributed by atoms with Crippen molar-refractivity contribution in [2.24, 2.45) is 5.92 Å². The van der Waals surface area contributed by atoms with Crippen molar-refractivity contribution in [2.45, 2.75) is 38.6 Å². The minimum atomic E-state index is 0.506. The van der Waals surface area contributed by atoms with Gasteiger partial charge < -0.3 is 10.1 Å². The van der Waals surface area contributed by atoms with Gasteiger partial charge in [0.1, 0.15) is 5.75 Å². The summed E-state index contributed by atoms with van der Waals surface area (Å²) in [6, 6.07) is 8.86. The van der Waals surface area contributed by atoms with E-state index in [0.717, 1.165) is 44.6 Å². The minimum Gasteiger partial charge on any atom is -0.493 e. The van der Waals surface area contributed by atoms with Crippen molar-refractivity contribution in [2.75, 3.05) is 13.2 Å². The molecule has 1 aromatic carbocycles. The van der Waals surface area contributed by atoms with Crippen LogP contribution in [0.1, 0.15) is 31.7 Å². The summed E-state index contributed by atoms with van der Waals surface area (Å²) < 4.78 is 5.89. The molecule has 1 heterocycles. The van der Waals surface area contributed by atoms with Crippen molar-refractivity contribution in [3.63, 3.8) is 0 Å². The minimum absolute atomic E-state index is 0.506. The normalized spacial score (nSPS) is 19.1. The molecule has 0 saturated carbocycles. The molecule has 2 rings (SSSR count). The van der Waals surface area contributed by atoms with Crippen LogP contribution in [0.5, 0.6) is 5.75 Å². The zero-order chi connectivity index (χ0) is 13.5. The molecule has 19 heavy (non-hydrogen) atoms. The Bertz CT molecular complexity index is 435. The zero-order valence-electron chi connectivity index (χ0n) is 11.7. The Morgan fingerprint density at radius 2 is 2.32 bits per heavy atom. The molecular weight excluding hydrogens is 234 g/mol. The number of hydrogen-bond donors (Lipinski definition) is 1. The second kappa shape index (κ2) is 7.21. The predicted molar refractivity (Wildman–Crippen MR) is 79.3 cm³/mol. The van der Waals surface area contributed by atoms with Gasteiger partial charge in [-0.1, -0.05) is 25.1 Å². The van der Waals surface area contributed by atoms with Crippen molar-refractivity contribution < 1.29 is 4.74 Å². The van der Waals surface area contributed by atoms with Crippen LogP contribution >= 0.6 is 0 Å². The third-order valence-electron chi connectivity index (χ3n) is 3.78. The standard InChI is InChI=1S/C17H23NO/c1-3-5-6-10-16(18-4-2)15-12-14-9-7-8-11-17(14)19-13-15/h1,7-9,11,15-16,18H,4-6,10,12-13H2,2H3. The first-order valence-corrected chi connectivity index (χ1v) is 7.22. The number of unbranched alkanes of at least 4 members (excludes halogenated alkanes) is 1. The molecular formula is C17H23NO. The summed E-state index contributed by atoms with van der Waals surface area (Å²) >= 11 is 0. The molecule has 102 valence electrons. The fourth-order valence-electron chi connectivity index (χ4n) is 2.80. The highest BCUT2D eigenvalue weighted by Crippen LogP contribution is 2.29. The summed E-state index contributed by atoms with van der Waals surface area (Å²) in [4.78, 5) is 0. The second-order valence-electron chi connectivity index (χ2n) is 5.14. The van der Waals surface area contributed by atoms with Crippen molar-refractivity contribution in [3.8, 4) is 18.1 Å². The van der Waals surface area contributed by atoms with Crippen LogP contribution in [0.2, 0.25) is 0 Å². The molecule has 1 aliphatic rings. The Hall–Kier alpha value is -1.46. The maximum atomic E-state index is 5.89. The van der Waals surface area contributed by atoms with Crippen LogP contribution in [-0.2, 0) is 6.42 Å². The molecule has 0 bridgehead atoms. The number of fused-ring (bicyclic) bond motifs is 1. The molecule has 1 aliphatic heterocycles. The number of ether oxygens (including phenoxy) is 1. The van der Waals surface area contributed by atoms with Crippen LogP contribution in [0, 0.1) is 18.3 Å². The van der Waals surface area contributed by atoms with Gasteiger partial charge in [0, 0.05) is 18.4 Å². The molecule has 0 fully saturated rings. The van der Waals surface area contributed by atoms with Gasteiger partial charge in [-0.15, -0.1) is 12.3 Å². The summed E-state index contributed by atoms with van der Waals surface area (Å²) in [5.74, 6) is 4.33. The molecule has 2 unspecified atom stereocenters. The summed E-state index contributed by atoms with van der Waals surface area (Å²) in [7, 11) is 0. The highest BCUT2D eigenvalue weighted by Gasteiger charge is 2.26. The summed E-state index contributed by atoms with van der Waals surface area (Å²) in [6.45, 7) is 3.97. The van der Waals surface area contributed by atoms with Gasteiger partial charge in [0.2, 0.25) is 0 Å². The summed E-state index contributed by atoms with van der Waals surface area (Å²) in [6.07, 6.45) is 9.53. The number of terminal acetylenes is 1. The lowest BCUT2D eigenvalue weighted by Crippen LogP contribution is -2.41. The first kappa shape index (κ1) is 14.0. The molecule has 1 N–H and O–H groups in total. The van der Waals surface area contributed by atoms with Gasteiger partial charge in [0.15, 0.2) is 0 Å². The molecule has 0 radical (unpaired) electrons. The fourth-order valence-corrected chi connectivity index (χ4v) is 2.80. The average Bonchev–Trinajstić information content (AvgIpc) is 2.46. The third kappa shape index (κ3) is 3.75. The van der Waals surface area contributed by atoms with E-state index >= 15 is 0 Å². The predicted octanol–water partition coefficient (Wildman–Crippen LogP) is 3.02. The summed E-state index contributed by atoms with van der Waals surface area (Å²) in [5.41, 5.74) is 1.33. The molecule has 0 aliphatic carbocycles. The topological polar surface area (TPSA) is 21.3 Å². The van der Waals surface area contributed by atoms with E-state index in [1.54, 1.807) is 0 Å². The van der Waals surface area contributed by atoms with Crippen molar-refractivity contribution in [1.29, 1.82) is 0 Å². The van der Waals surface area contributed by atoms with Crippen LogP contribution in [0.4, 0.5) is 0 Å². The van der Waals surface area contributed by atoms with E-state index in [0.29, 0.717) is 12.0 Å². The molecule has 0 saturated heterocycles. The molecule has 1 aromatic rings. The lowest BCUT2D eigenvalue weighted by molar-refractivity contribution is 0.179. The van der Waals surface area contributed by atoms with Gasteiger partial charge >= 0.3 is 0 Å². The Kier molecular flexibility index (Phi) is 5.30. The molecule has 2 atom stereocenters. The molecule has 0 aromatic heterocycles. The van der Waals surface area contributed by atoms with Crippen molar-refractivity contribution >= 4 is 0 Å². The first-order chi connectivity index (χ1) is 9.35. The smallest absolute Gasteiger partial charge is 0.122 e. The van der Waals surface area contributed by atoms with Crippen LogP contribution in [0.15, 0.2) is 24.3 Å². The van der Waals surface area contributed by atoms with E-state index in [2.05, 4.69) is 36.4 Å². The van der Waals surface area contributed by atoms with E-state index in [4.69, 9.17) is 11.2 Å². The quantitative estimate of drug-likeness (QED) is 0.625. The van der Waals surface area contributed by atoms with Crippen molar-refractivity contribution in [1.82, 2.24) is 5.32 Å². The lowest BCUT2D eigenvalue weighted by atomic mass is 9.87. The zero-order valence-corrected chi connectivity index (χ0v) is 11.7. The second-order valence-corrected chi connectivity index (χ2v) is 5.14.